The van der Waals surface area contributed by atoms with Crippen LogP contribution < -0.4 is 5.73 Å². The number of hydrogen-bond acceptors (Lipinski definition) is 3. The topological polar surface area (TPSA) is 63.4 Å². The first kappa shape index (κ1) is 13.7. The first-order chi connectivity index (χ1) is 7.24. The highest BCUT2D eigenvalue weighted by molar-refractivity contribution is 7.89. The molecule has 0 aromatic heterocycles. The Morgan fingerprint density at radius 1 is 1.31 bits per heavy atom. The molecule has 0 amide bonds. The lowest BCUT2D eigenvalue weighted by atomic mass is 10.5. The van der Waals surface area contributed by atoms with Crippen molar-refractivity contribution in [2.45, 2.75) is 19.0 Å². The number of rotatable bonds is 6. The minimum Gasteiger partial charge on any atom is -0.329 e. The van der Waals surface area contributed by atoms with Gasteiger partial charge in [0.15, 0.2) is 0 Å². The molecule has 16 heavy (non-hydrogen) atoms. The summed E-state index contributed by atoms with van der Waals surface area (Å²) in [5.74, 6) is -0.165. The Morgan fingerprint density at radius 2 is 1.88 bits per heavy atom. The second-order valence-corrected chi connectivity index (χ2v) is 5.97. The molecule has 0 aromatic rings. The second-order valence-electron chi connectivity index (χ2n) is 3.96. The third-order valence-corrected chi connectivity index (χ3v) is 4.26. The summed E-state index contributed by atoms with van der Waals surface area (Å²) in [5, 5.41) is 0. The van der Waals surface area contributed by atoms with Gasteiger partial charge in [0.25, 0.3) is 0 Å². The Balaban J connectivity index is 2.66. The zero-order valence-corrected chi connectivity index (χ0v) is 9.52. The van der Waals surface area contributed by atoms with E-state index in [2.05, 4.69) is 0 Å². The van der Waals surface area contributed by atoms with E-state index in [0.717, 1.165) is 12.8 Å². The number of sulfonamides is 1. The van der Waals surface area contributed by atoms with E-state index in [-0.39, 0.29) is 24.8 Å². The molecule has 1 saturated carbocycles. The van der Waals surface area contributed by atoms with E-state index in [1.165, 1.54) is 0 Å². The van der Waals surface area contributed by atoms with E-state index in [1.807, 2.05) is 0 Å². The fraction of sp³-hybridized carbons (Fsp3) is 1.00. The first-order valence-corrected chi connectivity index (χ1v) is 6.60. The summed E-state index contributed by atoms with van der Waals surface area (Å²) in [7, 11) is -3.82. The second kappa shape index (κ2) is 4.89. The average Bonchev–Trinajstić information content (AvgIpc) is 2.84. The number of alkyl halides is 3. The molecule has 0 saturated heterocycles. The molecule has 1 rings (SSSR count). The quantitative estimate of drug-likeness (QED) is 0.758. The Hall–Kier alpha value is -0.340. The van der Waals surface area contributed by atoms with Crippen molar-refractivity contribution in [2.75, 3.05) is 25.4 Å². The Bertz CT molecular complexity index is 325. The van der Waals surface area contributed by atoms with Crippen LogP contribution in [-0.2, 0) is 10.0 Å². The first-order valence-electron chi connectivity index (χ1n) is 4.99. The predicted molar refractivity (Wildman–Crippen MR) is 53.2 cm³/mol. The van der Waals surface area contributed by atoms with Gasteiger partial charge in [0.2, 0.25) is 10.0 Å². The van der Waals surface area contributed by atoms with Gasteiger partial charge in [0.1, 0.15) is 6.54 Å². The van der Waals surface area contributed by atoms with E-state index >= 15 is 0 Å². The molecule has 2 N–H and O–H groups in total. The van der Waals surface area contributed by atoms with Crippen molar-refractivity contribution in [1.29, 1.82) is 0 Å². The standard InChI is InChI=1S/C8H15F3N2O2S/c9-8(10,11)6-13(4-3-12)16(14,15)5-7-1-2-7/h7H,1-6,12H2. The van der Waals surface area contributed by atoms with Crippen molar-refractivity contribution in [2.24, 2.45) is 11.7 Å². The number of nitrogens with two attached hydrogens (primary N) is 1. The fourth-order valence-corrected chi connectivity index (χ4v) is 3.21. The fourth-order valence-electron chi connectivity index (χ4n) is 1.35. The van der Waals surface area contributed by atoms with E-state index in [4.69, 9.17) is 5.73 Å². The number of hydrogen-bond donors (Lipinski definition) is 1. The molecule has 1 fully saturated rings. The Kier molecular flexibility index (Phi) is 4.19. The van der Waals surface area contributed by atoms with Gasteiger partial charge in [0, 0.05) is 13.1 Å². The molecular formula is C8H15F3N2O2S. The Labute approximate surface area is 92.6 Å². The minimum absolute atomic E-state index is 0.0264. The van der Waals surface area contributed by atoms with Gasteiger partial charge in [-0.15, -0.1) is 0 Å². The smallest absolute Gasteiger partial charge is 0.329 e. The molecule has 0 spiro atoms. The van der Waals surface area contributed by atoms with E-state index in [0.29, 0.717) is 4.31 Å². The van der Waals surface area contributed by atoms with Crippen LogP contribution in [0.1, 0.15) is 12.8 Å². The predicted octanol–water partition coefficient (Wildman–Crippen LogP) is 0.549. The van der Waals surface area contributed by atoms with Gasteiger partial charge in [-0.2, -0.15) is 17.5 Å². The maximum Gasteiger partial charge on any atom is 0.402 e. The summed E-state index contributed by atoms with van der Waals surface area (Å²) in [6.07, 6.45) is -2.96. The summed E-state index contributed by atoms with van der Waals surface area (Å²) in [6.45, 7) is -1.84. The van der Waals surface area contributed by atoms with Gasteiger partial charge < -0.3 is 5.73 Å². The average molecular weight is 260 g/mol. The van der Waals surface area contributed by atoms with Crippen LogP contribution in [0.25, 0.3) is 0 Å². The molecule has 96 valence electrons. The van der Waals surface area contributed by atoms with Crippen molar-refractivity contribution in [1.82, 2.24) is 4.31 Å². The van der Waals surface area contributed by atoms with Crippen molar-refractivity contribution >= 4 is 10.0 Å². The molecular weight excluding hydrogens is 245 g/mol. The van der Waals surface area contributed by atoms with Gasteiger partial charge in [-0.25, -0.2) is 8.42 Å². The monoisotopic (exact) mass is 260 g/mol. The zero-order valence-electron chi connectivity index (χ0n) is 8.70. The normalized spacial score (nSPS) is 18.1. The van der Waals surface area contributed by atoms with Crippen LogP contribution in [0.3, 0.4) is 0 Å². The van der Waals surface area contributed by atoms with Crippen LogP contribution in [0, 0.1) is 5.92 Å². The van der Waals surface area contributed by atoms with Gasteiger partial charge in [0.05, 0.1) is 5.75 Å². The van der Waals surface area contributed by atoms with Crippen molar-refractivity contribution in [3.8, 4) is 0 Å². The highest BCUT2D eigenvalue weighted by Gasteiger charge is 2.38. The lowest BCUT2D eigenvalue weighted by molar-refractivity contribution is -0.136. The van der Waals surface area contributed by atoms with Crippen LogP contribution >= 0.6 is 0 Å². The highest BCUT2D eigenvalue weighted by Crippen LogP contribution is 2.31. The maximum absolute atomic E-state index is 12.2. The summed E-state index contributed by atoms with van der Waals surface area (Å²) < 4.78 is 60.2. The molecule has 0 bridgehead atoms. The Morgan fingerprint density at radius 3 is 2.25 bits per heavy atom. The van der Waals surface area contributed by atoms with E-state index in [9.17, 15) is 21.6 Å². The molecule has 4 nitrogen and oxygen atoms in total. The van der Waals surface area contributed by atoms with Gasteiger partial charge in [-0.3, -0.25) is 0 Å². The minimum atomic E-state index is -4.52. The largest absolute Gasteiger partial charge is 0.402 e. The zero-order chi connectivity index (χ0) is 12.4. The number of nitrogens with zero attached hydrogens (tertiary/aromatic N) is 1. The molecule has 8 heteroatoms. The molecule has 0 aromatic carbocycles. The number of halogens is 3. The molecule has 0 heterocycles. The van der Waals surface area contributed by atoms with Gasteiger partial charge in [-0.1, -0.05) is 0 Å². The molecule has 0 unspecified atom stereocenters. The third-order valence-electron chi connectivity index (χ3n) is 2.27. The van der Waals surface area contributed by atoms with Crippen molar-refractivity contribution < 1.29 is 21.6 Å². The van der Waals surface area contributed by atoms with Gasteiger partial charge in [-0.05, 0) is 18.8 Å². The van der Waals surface area contributed by atoms with Crippen molar-refractivity contribution in [3.63, 3.8) is 0 Å². The molecule has 0 atom stereocenters. The van der Waals surface area contributed by atoms with Crippen LogP contribution in [0.5, 0.6) is 0 Å². The molecule has 1 aliphatic rings. The maximum atomic E-state index is 12.2. The molecule has 0 aliphatic heterocycles. The van der Waals surface area contributed by atoms with E-state index in [1.54, 1.807) is 0 Å². The molecule has 1 aliphatic carbocycles. The van der Waals surface area contributed by atoms with Gasteiger partial charge >= 0.3 is 6.18 Å². The van der Waals surface area contributed by atoms with E-state index < -0.39 is 22.7 Å². The highest BCUT2D eigenvalue weighted by atomic mass is 32.2. The summed E-state index contributed by atoms with van der Waals surface area (Å²) in [6, 6.07) is 0. The van der Waals surface area contributed by atoms with Crippen LogP contribution in [0.15, 0.2) is 0 Å². The molecule has 0 radical (unpaired) electrons. The summed E-state index contributed by atoms with van der Waals surface area (Å²) in [4.78, 5) is 0. The SMILES string of the molecule is NCCN(CC(F)(F)F)S(=O)(=O)CC1CC1. The lowest BCUT2D eigenvalue weighted by Gasteiger charge is -2.22. The van der Waals surface area contributed by atoms with Crippen LogP contribution in [0.2, 0.25) is 0 Å². The summed E-state index contributed by atoms with van der Waals surface area (Å²) >= 11 is 0. The van der Waals surface area contributed by atoms with Crippen LogP contribution in [0.4, 0.5) is 13.2 Å². The third kappa shape index (κ3) is 4.67. The van der Waals surface area contributed by atoms with Crippen molar-refractivity contribution in [3.05, 3.63) is 0 Å². The lowest BCUT2D eigenvalue weighted by Crippen LogP contribution is -2.43. The summed E-state index contributed by atoms with van der Waals surface area (Å²) in [5.41, 5.74) is 5.12. The van der Waals surface area contributed by atoms with Crippen LogP contribution in [-0.4, -0.2) is 44.3 Å².